The fourth-order valence-corrected chi connectivity index (χ4v) is 3.53. The Labute approximate surface area is 139 Å². The van der Waals surface area contributed by atoms with Crippen molar-refractivity contribution in [3.63, 3.8) is 0 Å². The number of carbonyl (C=O) groups excluding carboxylic acids is 1. The Kier molecular flexibility index (Phi) is 5.97. The van der Waals surface area contributed by atoms with Crippen molar-refractivity contribution in [2.45, 2.75) is 38.5 Å². The summed E-state index contributed by atoms with van der Waals surface area (Å²) in [5.41, 5.74) is 1.80. The van der Waals surface area contributed by atoms with Gasteiger partial charge in [0, 0.05) is 35.0 Å². The van der Waals surface area contributed by atoms with Crippen molar-refractivity contribution in [3.05, 3.63) is 35.5 Å². The van der Waals surface area contributed by atoms with Crippen LogP contribution in [-0.2, 0) is 10.5 Å². The fraction of sp³-hybridized carbons (Fsp3) is 0.438. The molecule has 0 bridgehead atoms. The summed E-state index contributed by atoms with van der Waals surface area (Å²) < 4.78 is 0. The minimum atomic E-state index is -0.158. The third-order valence-corrected chi connectivity index (χ3v) is 4.58. The molecule has 4 nitrogen and oxygen atoms in total. The molecule has 2 aromatic heterocycles. The Morgan fingerprint density at radius 2 is 2.18 bits per heavy atom. The maximum absolute atomic E-state index is 11.7. The van der Waals surface area contributed by atoms with Crippen LogP contribution in [0.15, 0.2) is 29.8 Å². The highest BCUT2D eigenvalue weighted by atomic mass is 32.2. The molecule has 0 aliphatic carbocycles. The molecule has 2 aromatic rings. The molecule has 6 heteroatoms. The van der Waals surface area contributed by atoms with E-state index >= 15 is 0 Å². The summed E-state index contributed by atoms with van der Waals surface area (Å²) in [4.78, 5) is 20.6. The highest BCUT2D eigenvalue weighted by Gasteiger charge is 2.13. The third kappa shape index (κ3) is 5.77. The molecule has 1 N–H and O–H groups in total. The number of thioether (sulfide) groups is 1. The summed E-state index contributed by atoms with van der Waals surface area (Å²) in [6, 6.07) is 5.83. The minimum absolute atomic E-state index is 0.104. The van der Waals surface area contributed by atoms with Gasteiger partial charge >= 0.3 is 0 Å². The molecule has 0 saturated heterocycles. The minimum Gasteiger partial charge on any atom is -0.351 e. The first-order chi connectivity index (χ1) is 10.4. The van der Waals surface area contributed by atoms with Crippen molar-refractivity contribution >= 4 is 29.0 Å². The number of carbonyl (C=O) groups is 1. The Morgan fingerprint density at radius 1 is 1.36 bits per heavy atom. The first kappa shape index (κ1) is 17.0. The Bertz CT molecular complexity index is 605. The molecule has 118 valence electrons. The van der Waals surface area contributed by atoms with Crippen molar-refractivity contribution < 1.29 is 4.79 Å². The van der Waals surface area contributed by atoms with Crippen molar-refractivity contribution in [2.75, 3.05) is 5.75 Å². The van der Waals surface area contributed by atoms with Crippen LogP contribution in [-0.4, -0.2) is 27.2 Å². The molecule has 0 aromatic carbocycles. The zero-order valence-electron chi connectivity index (χ0n) is 13.1. The monoisotopic (exact) mass is 335 g/mol. The van der Waals surface area contributed by atoms with Gasteiger partial charge in [-0.15, -0.1) is 11.3 Å². The Hall–Kier alpha value is -1.40. The summed E-state index contributed by atoms with van der Waals surface area (Å²) >= 11 is 3.34. The number of rotatable bonds is 6. The van der Waals surface area contributed by atoms with Crippen molar-refractivity contribution in [1.82, 2.24) is 15.3 Å². The van der Waals surface area contributed by atoms with Gasteiger partial charge in [0.05, 0.1) is 11.4 Å². The molecular formula is C16H21N3OS2. The number of nitrogens with one attached hydrogen (secondary N) is 1. The number of hydrogen-bond acceptors (Lipinski definition) is 5. The largest absolute Gasteiger partial charge is 0.351 e. The van der Waals surface area contributed by atoms with E-state index in [-0.39, 0.29) is 11.4 Å². The average Bonchev–Trinajstić information content (AvgIpc) is 2.91. The number of nitrogens with zero attached hydrogens (tertiary/aromatic N) is 2. The Balaban J connectivity index is 1.74. The average molecular weight is 335 g/mol. The summed E-state index contributed by atoms with van der Waals surface area (Å²) in [7, 11) is 0. The second kappa shape index (κ2) is 7.74. The van der Waals surface area contributed by atoms with E-state index in [0.29, 0.717) is 6.42 Å². The molecule has 0 radical (unpaired) electrons. The first-order valence-electron chi connectivity index (χ1n) is 7.18. The normalized spacial score (nSPS) is 11.4. The molecule has 0 fully saturated rings. The van der Waals surface area contributed by atoms with E-state index in [1.807, 2.05) is 39.0 Å². The number of thiazole rings is 1. The predicted octanol–water partition coefficient (Wildman–Crippen LogP) is 3.74. The Morgan fingerprint density at radius 3 is 2.86 bits per heavy atom. The molecular weight excluding hydrogens is 314 g/mol. The summed E-state index contributed by atoms with van der Waals surface area (Å²) in [5.74, 6) is 1.73. The molecule has 0 unspecified atom stereocenters. The number of amides is 1. The van der Waals surface area contributed by atoms with Crippen LogP contribution in [0, 0.1) is 0 Å². The number of aromatic nitrogens is 2. The lowest BCUT2D eigenvalue weighted by molar-refractivity contribution is -0.122. The maximum atomic E-state index is 11.7. The lowest BCUT2D eigenvalue weighted by Gasteiger charge is -2.20. The molecule has 0 aliphatic heterocycles. The van der Waals surface area contributed by atoms with E-state index in [1.165, 1.54) is 0 Å². The highest BCUT2D eigenvalue weighted by molar-refractivity contribution is 7.98. The van der Waals surface area contributed by atoms with Crippen LogP contribution >= 0.6 is 23.1 Å². The van der Waals surface area contributed by atoms with E-state index < -0.39 is 0 Å². The van der Waals surface area contributed by atoms with Crippen LogP contribution in [0.2, 0.25) is 0 Å². The van der Waals surface area contributed by atoms with Gasteiger partial charge in [0.1, 0.15) is 5.01 Å². The van der Waals surface area contributed by atoms with Crippen LogP contribution in [0.4, 0.5) is 0 Å². The smallest absolute Gasteiger partial charge is 0.221 e. The topological polar surface area (TPSA) is 54.9 Å². The third-order valence-electron chi connectivity index (χ3n) is 2.67. The van der Waals surface area contributed by atoms with E-state index in [0.717, 1.165) is 27.9 Å². The second-order valence-corrected chi connectivity index (χ2v) is 7.92. The summed E-state index contributed by atoms with van der Waals surface area (Å²) in [6.45, 7) is 5.98. The maximum Gasteiger partial charge on any atom is 0.221 e. The molecule has 0 spiro atoms. The molecule has 1 amide bonds. The van der Waals surface area contributed by atoms with Crippen LogP contribution in [0.3, 0.4) is 0 Å². The van der Waals surface area contributed by atoms with E-state index in [9.17, 15) is 4.79 Å². The van der Waals surface area contributed by atoms with E-state index in [4.69, 9.17) is 0 Å². The van der Waals surface area contributed by atoms with Gasteiger partial charge in [0.15, 0.2) is 0 Å². The number of hydrogen-bond donors (Lipinski definition) is 1. The lowest BCUT2D eigenvalue weighted by Crippen LogP contribution is -2.40. The van der Waals surface area contributed by atoms with Gasteiger partial charge in [0.25, 0.3) is 0 Å². The highest BCUT2D eigenvalue weighted by Crippen LogP contribution is 2.23. The SMILES string of the molecule is CC(C)(C)NC(=O)CCSCc1csc(-c2ccccn2)n1. The number of pyridine rings is 1. The first-order valence-corrected chi connectivity index (χ1v) is 9.22. The predicted molar refractivity (Wildman–Crippen MR) is 94.0 cm³/mol. The molecule has 0 saturated carbocycles. The molecule has 2 rings (SSSR count). The van der Waals surface area contributed by atoms with Gasteiger partial charge in [-0.1, -0.05) is 6.07 Å². The molecule has 22 heavy (non-hydrogen) atoms. The van der Waals surface area contributed by atoms with Crippen LogP contribution < -0.4 is 5.32 Å². The van der Waals surface area contributed by atoms with Gasteiger partial charge in [-0.25, -0.2) is 4.98 Å². The molecule has 0 atom stereocenters. The zero-order chi connectivity index (χ0) is 16.0. The standard InChI is InChI=1S/C16H21N3OS2/c1-16(2,3)19-14(20)7-9-21-10-12-11-22-15(18-12)13-6-4-5-8-17-13/h4-6,8,11H,7,9-10H2,1-3H3,(H,19,20). The summed E-state index contributed by atoms with van der Waals surface area (Å²) in [5, 5.41) is 5.98. The zero-order valence-corrected chi connectivity index (χ0v) is 14.8. The van der Waals surface area contributed by atoms with Crippen molar-refractivity contribution in [1.29, 1.82) is 0 Å². The van der Waals surface area contributed by atoms with E-state index in [1.54, 1.807) is 29.3 Å². The van der Waals surface area contributed by atoms with Crippen molar-refractivity contribution in [3.8, 4) is 10.7 Å². The van der Waals surface area contributed by atoms with Gasteiger partial charge in [-0.3, -0.25) is 9.78 Å². The lowest BCUT2D eigenvalue weighted by atomic mass is 10.1. The molecule has 0 aliphatic rings. The van der Waals surface area contributed by atoms with Gasteiger partial charge < -0.3 is 5.32 Å². The van der Waals surface area contributed by atoms with Crippen LogP contribution in [0.1, 0.15) is 32.9 Å². The van der Waals surface area contributed by atoms with Gasteiger partial charge in [-0.05, 0) is 32.9 Å². The van der Waals surface area contributed by atoms with Crippen LogP contribution in [0.25, 0.3) is 10.7 Å². The second-order valence-electron chi connectivity index (χ2n) is 5.96. The van der Waals surface area contributed by atoms with E-state index in [2.05, 4.69) is 20.7 Å². The molecule has 2 heterocycles. The summed E-state index contributed by atoms with van der Waals surface area (Å²) in [6.07, 6.45) is 2.32. The van der Waals surface area contributed by atoms with Crippen molar-refractivity contribution in [2.24, 2.45) is 0 Å². The van der Waals surface area contributed by atoms with Gasteiger partial charge in [0.2, 0.25) is 5.91 Å². The fourth-order valence-electron chi connectivity index (χ4n) is 1.80. The quantitative estimate of drug-likeness (QED) is 0.817. The van der Waals surface area contributed by atoms with Crippen LogP contribution in [0.5, 0.6) is 0 Å². The van der Waals surface area contributed by atoms with Gasteiger partial charge in [-0.2, -0.15) is 11.8 Å².